The molecule has 0 unspecified atom stereocenters. The summed E-state index contributed by atoms with van der Waals surface area (Å²) in [4.78, 5) is 35.3. The monoisotopic (exact) mass is 215 g/mol. The standard InChI is InChI=1S/C7H9N3O3S/c1-10-7(14-4-2-3-11)8-5(12)6(13)9-10/h3H,2,4H2,1H3,(H,9,13). The van der Waals surface area contributed by atoms with Crippen LogP contribution in [0.15, 0.2) is 14.7 Å². The van der Waals surface area contributed by atoms with Crippen LogP contribution in [0.4, 0.5) is 0 Å². The molecule has 0 spiro atoms. The van der Waals surface area contributed by atoms with E-state index in [-0.39, 0.29) is 0 Å². The molecule has 0 saturated carbocycles. The van der Waals surface area contributed by atoms with Gasteiger partial charge in [0.25, 0.3) is 0 Å². The second kappa shape index (κ2) is 4.75. The lowest BCUT2D eigenvalue weighted by molar-refractivity contribution is -0.107. The summed E-state index contributed by atoms with van der Waals surface area (Å²) in [6.45, 7) is 0. The van der Waals surface area contributed by atoms with Crippen LogP contribution in [0.1, 0.15) is 6.42 Å². The molecule has 0 fully saturated rings. The van der Waals surface area contributed by atoms with E-state index in [2.05, 4.69) is 10.1 Å². The zero-order valence-corrected chi connectivity index (χ0v) is 8.34. The van der Waals surface area contributed by atoms with Crippen molar-refractivity contribution in [3.63, 3.8) is 0 Å². The number of nitrogens with one attached hydrogen (secondary N) is 1. The lowest BCUT2D eigenvalue weighted by Gasteiger charge is -2.03. The van der Waals surface area contributed by atoms with E-state index < -0.39 is 11.1 Å². The Labute approximate surface area is 83.3 Å². The van der Waals surface area contributed by atoms with Crippen molar-refractivity contribution in [3.8, 4) is 0 Å². The van der Waals surface area contributed by atoms with Crippen LogP contribution in [0.3, 0.4) is 0 Å². The van der Waals surface area contributed by atoms with Crippen LogP contribution in [0.2, 0.25) is 0 Å². The molecular weight excluding hydrogens is 206 g/mol. The fraction of sp³-hybridized carbons (Fsp3) is 0.429. The van der Waals surface area contributed by atoms with Crippen molar-refractivity contribution in [1.82, 2.24) is 14.8 Å². The Morgan fingerprint density at radius 1 is 1.57 bits per heavy atom. The topological polar surface area (TPSA) is 84.8 Å². The number of rotatable bonds is 4. The first-order chi connectivity index (χ1) is 6.65. The fourth-order valence-electron chi connectivity index (χ4n) is 0.788. The van der Waals surface area contributed by atoms with Gasteiger partial charge in [-0.3, -0.25) is 19.4 Å². The Kier molecular flexibility index (Phi) is 3.63. The highest BCUT2D eigenvalue weighted by atomic mass is 32.2. The van der Waals surface area contributed by atoms with Gasteiger partial charge < -0.3 is 4.79 Å². The highest BCUT2D eigenvalue weighted by Crippen LogP contribution is 2.11. The van der Waals surface area contributed by atoms with Gasteiger partial charge in [0.2, 0.25) is 0 Å². The molecule has 1 aromatic heterocycles. The van der Waals surface area contributed by atoms with E-state index in [1.165, 1.54) is 16.4 Å². The van der Waals surface area contributed by atoms with Gasteiger partial charge in [0.05, 0.1) is 0 Å². The van der Waals surface area contributed by atoms with Crippen molar-refractivity contribution in [2.24, 2.45) is 7.05 Å². The van der Waals surface area contributed by atoms with Gasteiger partial charge >= 0.3 is 11.1 Å². The van der Waals surface area contributed by atoms with Gasteiger partial charge in [-0.2, -0.15) is 4.98 Å². The molecular formula is C7H9N3O3S. The van der Waals surface area contributed by atoms with Crippen LogP contribution < -0.4 is 11.1 Å². The second-order valence-electron chi connectivity index (χ2n) is 2.50. The molecule has 1 N–H and O–H groups in total. The van der Waals surface area contributed by atoms with Crippen LogP contribution in [0, 0.1) is 0 Å². The van der Waals surface area contributed by atoms with Crippen LogP contribution in [-0.2, 0) is 11.8 Å². The summed E-state index contributed by atoms with van der Waals surface area (Å²) in [5.41, 5.74) is -1.55. The van der Waals surface area contributed by atoms with Crippen molar-refractivity contribution in [1.29, 1.82) is 0 Å². The number of aldehydes is 1. The number of hydrogen-bond donors (Lipinski definition) is 1. The highest BCUT2D eigenvalue weighted by Gasteiger charge is 2.03. The average Bonchev–Trinajstić information content (AvgIpc) is 2.14. The van der Waals surface area contributed by atoms with E-state index in [9.17, 15) is 14.4 Å². The van der Waals surface area contributed by atoms with Crippen molar-refractivity contribution in [2.75, 3.05) is 5.75 Å². The van der Waals surface area contributed by atoms with E-state index in [0.29, 0.717) is 17.3 Å². The van der Waals surface area contributed by atoms with E-state index in [1.54, 1.807) is 7.05 Å². The Bertz CT molecular complexity index is 437. The van der Waals surface area contributed by atoms with Gasteiger partial charge in [-0.15, -0.1) is 0 Å². The molecule has 0 saturated heterocycles. The third-order valence-electron chi connectivity index (χ3n) is 1.41. The van der Waals surface area contributed by atoms with Gasteiger partial charge in [0.15, 0.2) is 5.16 Å². The van der Waals surface area contributed by atoms with E-state index >= 15 is 0 Å². The molecule has 7 heteroatoms. The molecule has 0 amide bonds. The fourth-order valence-corrected chi connectivity index (χ4v) is 1.57. The Hall–Kier alpha value is -1.37. The molecule has 0 aliphatic carbocycles. The summed E-state index contributed by atoms with van der Waals surface area (Å²) in [6, 6.07) is 0. The molecule has 1 rings (SSSR count). The van der Waals surface area contributed by atoms with Crippen LogP contribution in [0.25, 0.3) is 0 Å². The van der Waals surface area contributed by atoms with Crippen molar-refractivity contribution >= 4 is 18.0 Å². The predicted octanol–water partition coefficient (Wildman–Crippen LogP) is -0.850. The maximum absolute atomic E-state index is 10.9. The minimum absolute atomic E-state index is 0.389. The number of thioether (sulfide) groups is 1. The van der Waals surface area contributed by atoms with Gasteiger partial charge in [0.1, 0.15) is 6.29 Å². The molecule has 0 bridgehead atoms. The molecule has 1 heterocycles. The molecule has 0 aliphatic rings. The number of H-pyrrole nitrogens is 1. The quantitative estimate of drug-likeness (QED) is 0.306. The lowest BCUT2D eigenvalue weighted by Crippen LogP contribution is -2.33. The number of aryl methyl sites for hydroxylation is 1. The summed E-state index contributed by atoms with van der Waals surface area (Å²) >= 11 is 1.24. The Morgan fingerprint density at radius 3 is 2.93 bits per heavy atom. The normalized spacial score (nSPS) is 10.1. The zero-order valence-electron chi connectivity index (χ0n) is 7.52. The maximum atomic E-state index is 10.9. The molecule has 1 aromatic rings. The van der Waals surface area contributed by atoms with Gasteiger partial charge in [-0.05, 0) is 0 Å². The summed E-state index contributed by atoms with van der Waals surface area (Å²) in [6.07, 6.45) is 1.18. The molecule has 76 valence electrons. The van der Waals surface area contributed by atoms with Crippen LogP contribution in [0.5, 0.6) is 0 Å². The molecule has 0 radical (unpaired) electrons. The SMILES string of the molecule is Cn1[nH]c(=O)c(=O)nc1SCCC=O. The van der Waals surface area contributed by atoms with Crippen molar-refractivity contribution in [3.05, 3.63) is 20.7 Å². The summed E-state index contributed by atoms with van der Waals surface area (Å²) in [5, 5.41) is 2.71. The van der Waals surface area contributed by atoms with Crippen LogP contribution >= 0.6 is 11.8 Å². The number of aromatic nitrogens is 3. The first-order valence-electron chi connectivity index (χ1n) is 3.89. The van der Waals surface area contributed by atoms with Crippen molar-refractivity contribution < 1.29 is 4.79 Å². The second-order valence-corrected chi connectivity index (χ2v) is 3.57. The van der Waals surface area contributed by atoms with Gasteiger partial charge in [-0.25, -0.2) is 0 Å². The Balaban J connectivity index is 2.87. The van der Waals surface area contributed by atoms with Crippen LogP contribution in [-0.4, -0.2) is 26.8 Å². The van der Waals surface area contributed by atoms with Gasteiger partial charge in [0, 0.05) is 19.2 Å². The number of nitrogens with zero attached hydrogens (tertiary/aromatic N) is 2. The summed E-state index contributed by atoms with van der Waals surface area (Å²) < 4.78 is 1.36. The first kappa shape index (κ1) is 10.7. The number of carbonyl (C=O) groups excluding carboxylic acids is 1. The minimum atomic E-state index is -0.809. The maximum Gasteiger partial charge on any atom is 0.339 e. The zero-order chi connectivity index (χ0) is 10.6. The van der Waals surface area contributed by atoms with E-state index in [4.69, 9.17) is 0 Å². The minimum Gasteiger partial charge on any atom is -0.303 e. The molecule has 14 heavy (non-hydrogen) atoms. The smallest absolute Gasteiger partial charge is 0.303 e. The summed E-state index contributed by atoms with van der Waals surface area (Å²) in [7, 11) is 1.58. The number of carbonyl (C=O) groups is 1. The van der Waals surface area contributed by atoms with Crippen molar-refractivity contribution in [2.45, 2.75) is 11.6 Å². The third kappa shape index (κ3) is 2.56. The van der Waals surface area contributed by atoms with E-state index in [1.807, 2.05) is 0 Å². The predicted molar refractivity (Wildman–Crippen MR) is 51.5 cm³/mol. The van der Waals surface area contributed by atoms with Gasteiger partial charge in [-0.1, -0.05) is 11.8 Å². The average molecular weight is 215 g/mol. The largest absolute Gasteiger partial charge is 0.339 e. The Morgan fingerprint density at radius 2 is 2.29 bits per heavy atom. The molecule has 0 aliphatic heterocycles. The molecule has 6 nitrogen and oxygen atoms in total. The number of hydrogen-bond acceptors (Lipinski definition) is 5. The van der Waals surface area contributed by atoms with E-state index in [0.717, 1.165) is 6.29 Å². The third-order valence-corrected chi connectivity index (χ3v) is 2.48. The summed E-state index contributed by atoms with van der Waals surface area (Å²) in [5.74, 6) is 0.538. The first-order valence-corrected chi connectivity index (χ1v) is 4.87. The highest BCUT2D eigenvalue weighted by molar-refractivity contribution is 7.99. The lowest BCUT2D eigenvalue weighted by atomic mass is 10.6. The molecule has 0 aromatic carbocycles. The molecule has 0 atom stereocenters. The number of aromatic amines is 1.